The Balaban J connectivity index is 1.94. The van der Waals surface area contributed by atoms with Gasteiger partial charge in [0.1, 0.15) is 10.8 Å². The smallest absolute Gasteiger partial charge is 0.119 e. The Morgan fingerprint density at radius 1 is 1.05 bits per heavy atom. The minimum absolute atomic E-state index is 0.855. The number of ether oxygens (including phenoxy) is 1. The van der Waals surface area contributed by atoms with Gasteiger partial charge in [0.2, 0.25) is 0 Å². The van der Waals surface area contributed by atoms with Crippen molar-refractivity contribution in [3.05, 3.63) is 60.7 Å². The van der Waals surface area contributed by atoms with E-state index in [-0.39, 0.29) is 0 Å². The van der Waals surface area contributed by atoms with Crippen molar-refractivity contribution in [2.45, 2.75) is 9.92 Å². The van der Waals surface area contributed by atoms with Crippen LogP contribution in [0.15, 0.2) is 64.5 Å². The number of fused-ring (bicyclic) bond motifs is 1. The summed E-state index contributed by atoms with van der Waals surface area (Å²) in [7, 11) is 1.67. The van der Waals surface area contributed by atoms with E-state index in [1.54, 1.807) is 18.9 Å². The molecular formula is C16H12NOS. The van der Waals surface area contributed by atoms with Gasteiger partial charge in [-0.25, -0.2) is 4.98 Å². The van der Waals surface area contributed by atoms with Crippen LogP contribution in [0, 0.1) is 6.07 Å². The van der Waals surface area contributed by atoms with Crippen LogP contribution < -0.4 is 4.74 Å². The molecule has 0 aliphatic heterocycles. The summed E-state index contributed by atoms with van der Waals surface area (Å²) in [4.78, 5) is 5.81. The standard InChI is InChI=1S/C16H12NOS/c1-18-13-8-9-15-12(11-13)7-10-16(17-15)19-14-5-3-2-4-6-14/h3-11H,1H3. The first-order chi connectivity index (χ1) is 9.35. The van der Waals surface area contributed by atoms with Crippen molar-refractivity contribution in [2.24, 2.45) is 0 Å². The van der Waals surface area contributed by atoms with Gasteiger partial charge in [-0.1, -0.05) is 23.9 Å². The predicted molar refractivity (Wildman–Crippen MR) is 77.7 cm³/mol. The molecule has 1 heterocycles. The zero-order valence-corrected chi connectivity index (χ0v) is 11.3. The Hall–Kier alpha value is -2.00. The normalized spacial score (nSPS) is 10.6. The molecular weight excluding hydrogens is 254 g/mol. The molecule has 0 amide bonds. The topological polar surface area (TPSA) is 22.1 Å². The minimum atomic E-state index is 0.855. The van der Waals surface area contributed by atoms with Crippen LogP contribution in [0.25, 0.3) is 10.9 Å². The third-order valence-corrected chi connectivity index (χ3v) is 3.73. The summed E-state index contributed by atoms with van der Waals surface area (Å²) in [5, 5.41) is 2.08. The molecule has 2 aromatic carbocycles. The summed E-state index contributed by atoms with van der Waals surface area (Å²) in [5.74, 6) is 0.855. The number of nitrogens with zero attached hydrogens (tertiary/aromatic N) is 1. The van der Waals surface area contributed by atoms with Crippen molar-refractivity contribution in [1.29, 1.82) is 0 Å². The van der Waals surface area contributed by atoms with Gasteiger partial charge in [-0.15, -0.1) is 0 Å². The minimum Gasteiger partial charge on any atom is -0.497 e. The Morgan fingerprint density at radius 3 is 2.68 bits per heavy atom. The fourth-order valence-electron chi connectivity index (χ4n) is 1.83. The first-order valence-corrected chi connectivity index (χ1v) is 6.75. The van der Waals surface area contributed by atoms with Gasteiger partial charge < -0.3 is 4.74 Å². The molecule has 3 rings (SSSR count). The van der Waals surface area contributed by atoms with E-state index in [0.717, 1.165) is 21.7 Å². The first-order valence-electron chi connectivity index (χ1n) is 5.94. The quantitative estimate of drug-likeness (QED) is 0.709. The van der Waals surface area contributed by atoms with Crippen LogP contribution in [0.1, 0.15) is 0 Å². The second-order valence-corrected chi connectivity index (χ2v) is 5.14. The van der Waals surface area contributed by atoms with Crippen LogP contribution in [-0.4, -0.2) is 12.1 Å². The van der Waals surface area contributed by atoms with Gasteiger partial charge in [-0.05, 0) is 48.5 Å². The van der Waals surface area contributed by atoms with Gasteiger partial charge >= 0.3 is 0 Å². The maximum atomic E-state index is 5.21. The van der Waals surface area contributed by atoms with Gasteiger partial charge in [-0.3, -0.25) is 0 Å². The molecule has 0 N–H and O–H groups in total. The Morgan fingerprint density at radius 2 is 1.89 bits per heavy atom. The van der Waals surface area contributed by atoms with Crippen molar-refractivity contribution in [3.8, 4) is 5.75 Å². The predicted octanol–water partition coefficient (Wildman–Crippen LogP) is 4.19. The summed E-state index contributed by atoms with van der Waals surface area (Å²) in [6.07, 6.45) is 0. The van der Waals surface area contributed by atoms with Crippen LogP contribution in [0.3, 0.4) is 0 Å². The van der Waals surface area contributed by atoms with Crippen LogP contribution in [0.4, 0.5) is 0 Å². The number of pyridine rings is 1. The molecule has 0 atom stereocenters. The molecule has 0 spiro atoms. The van der Waals surface area contributed by atoms with Gasteiger partial charge in [0.15, 0.2) is 0 Å². The molecule has 93 valence electrons. The number of methoxy groups -OCH3 is 1. The monoisotopic (exact) mass is 266 g/mol. The summed E-state index contributed by atoms with van der Waals surface area (Å²) >= 11 is 1.65. The van der Waals surface area contributed by atoms with E-state index in [4.69, 9.17) is 4.74 Å². The van der Waals surface area contributed by atoms with Gasteiger partial charge in [-0.2, -0.15) is 0 Å². The van der Waals surface area contributed by atoms with Crippen LogP contribution in [-0.2, 0) is 0 Å². The van der Waals surface area contributed by atoms with Gasteiger partial charge in [0.05, 0.1) is 12.6 Å². The largest absolute Gasteiger partial charge is 0.497 e. The van der Waals surface area contributed by atoms with E-state index < -0.39 is 0 Å². The Bertz CT molecular complexity index is 697. The SMILES string of the molecule is COc1ccc2nc(Sc3cc[c]cc3)ccc2c1. The molecule has 0 aliphatic carbocycles. The van der Waals surface area contributed by atoms with Crippen molar-refractivity contribution < 1.29 is 4.74 Å². The van der Waals surface area contributed by atoms with E-state index in [0.29, 0.717) is 0 Å². The molecule has 0 saturated heterocycles. The number of hydrogen-bond donors (Lipinski definition) is 0. The second kappa shape index (κ2) is 5.33. The molecule has 3 aromatic rings. The maximum Gasteiger partial charge on any atom is 0.119 e. The Labute approximate surface area is 116 Å². The molecule has 0 unspecified atom stereocenters. The van der Waals surface area contributed by atoms with Crippen LogP contribution >= 0.6 is 11.8 Å². The molecule has 0 aliphatic rings. The van der Waals surface area contributed by atoms with E-state index in [9.17, 15) is 0 Å². The first kappa shape index (κ1) is 12.1. The fourth-order valence-corrected chi connectivity index (χ4v) is 2.62. The Kier molecular flexibility index (Phi) is 3.38. The van der Waals surface area contributed by atoms with Crippen molar-refractivity contribution in [2.75, 3.05) is 7.11 Å². The van der Waals surface area contributed by atoms with Gasteiger partial charge in [0, 0.05) is 10.3 Å². The summed E-state index contributed by atoms with van der Waals surface area (Å²) < 4.78 is 5.21. The van der Waals surface area contributed by atoms with Crippen LogP contribution in [0.2, 0.25) is 0 Å². The van der Waals surface area contributed by atoms with Crippen molar-refractivity contribution in [3.63, 3.8) is 0 Å². The fraction of sp³-hybridized carbons (Fsp3) is 0.0625. The highest BCUT2D eigenvalue weighted by Crippen LogP contribution is 2.28. The molecule has 1 aromatic heterocycles. The zero-order valence-electron chi connectivity index (χ0n) is 10.5. The summed E-state index contributed by atoms with van der Waals surface area (Å²) in [6, 6.07) is 20.9. The molecule has 1 radical (unpaired) electrons. The molecule has 3 heteroatoms. The molecule has 0 bridgehead atoms. The zero-order chi connectivity index (χ0) is 13.1. The number of benzene rings is 2. The number of rotatable bonds is 3. The molecule has 0 saturated carbocycles. The second-order valence-electron chi connectivity index (χ2n) is 4.05. The maximum absolute atomic E-state index is 5.21. The number of aromatic nitrogens is 1. The van der Waals surface area contributed by atoms with Crippen molar-refractivity contribution in [1.82, 2.24) is 4.98 Å². The van der Waals surface area contributed by atoms with E-state index in [1.165, 1.54) is 4.90 Å². The lowest BCUT2D eigenvalue weighted by Crippen LogP contribution is -1.85. The molecule has 19 heavy (non-hydrogen) atoms. The lowest BCUT2D eigenvalue weighted by molar-refractivity contribution is 0.415. The molecule has 0 fully saturated rings. The summed E-state index contributed by atoms with van der Waals surface area (Å²) in [6.45, 7) is 0. The van der Waals surface area contributed by atoms with Crippen LogP contribution in [0.5, 0.6) is 5.75 Å². The van der Waals surface area contributed by atoms with Gasteiger partial charge in [0.25, 0.3) is 0 Å². The van der Waals surface area contributed by atoms with E-state index in [1.807, 2.05) is 48.5 Å². The third kappa shape index (κ3) is 2.71. The highest BCUT2D eigenvalue weighted by Gasteiger charge is 2.02. The number of hydrogen-bond acceptors (Lipinski definition) is 3. The van der Waals surface area contributed by atoms with Crippen molar-refractivity contribution >= 4 is 22.7 Å². The lowest BCUT2D eigenvalue weighted by Gasteiger charge is -2.04. The third-order valence-electron chi connectivity index (χ3n) is 2.78. The lowest BCUT2D eigenvalue weighted by atomic mass is 10.2. The average Bonchev–Trinajstić information content (AvgIpc) is 2.48. The highest BCUT2D eigenvalue weighted by atomic mass is 32.2. The highest BCUT2D eigenvalue weighted by molar-refractivity contribution is 7.99. The molecule has 2 nitrogen and oxygen atoms in total. The average molecular weight is 266 g/mol. The van der Waals surface area contributed by atoms with E-state index >= 15 is 0 Å². The summed E-state index contributed by atoms with van der Waals surface area (Å²) in [5.41, 5.74) is 0.980. The van der Waals surface area contributed by atoms with E-state index in [2.05, 4.69) is 17.1 Å².